The molecule has 2 rings (SSSR count). The highest BCUT2D eigenvalue weighted by Gasteiger charge is 2.43. The minimum absolute atomic E-state index is 0.127. The highest BCUT2D eigenvalue weighted by molar-refractivity contribution is 7.89. The molecule has 2 N–H and O–H groups in total. The summed E-state index contributed by atoms with van der Waals surface area (Å²) in [5.41, 5.74) is 0. The predicted molar refractivity (Wildman–Crippen MR) is 72.4 cm³/mol. The topological polar surface area (TPSA) is 94.9 Å². The van der Waals surface area contributed by atoms with Crippen LogP contribution in [0, 0.1) is 0 Å². The van der Waals surface area contributed by atoms with Gasteiger partial charge in [0, 0.05) is 23.0 Å². The van der Waals surface area contributed by atoms with Gasteiger partial charge in [-0.15, -0.1) is 0 Å². The second-order valence-electron chi connectivity index (χ2n) is 4.42. The average Bonchev–Trinajstić information content (AvgIpc) is 2.71. The molecular weight excluding hydrogens is 329 g/mol. The summed E-state index contributed by atoms with van der Waals surface area (Å²) in [6, 6.07) is 2.45. The number of nitrogens with zero attached hydrogens (tertiary/aromatic N) is 1. The Bertz CT molecular complexity index is 628. The van der Waals surface area contributed by atoms with Crippen LogP contribution >= 0.6 is 23.2 Å². The normalized spacial score (nSPS) is 23.9. The van der Waals surface area contributed by atoms with E-state index in [2.05, 4.69) is 0 Å². The van der Waals surface area contributed by atoms with Gasteiger partial charge in [-0.1, -0.05) is 23.2 Å². The zero-order valence-corrected chi connectivity index (χ0v) is 12.4. The monoisotopic (exact) mass is 339 g/mol. The third-order valence-electron chi connectivity index (χ3n) is 2.96. The Hall–Kier alpha value is -0.860. The number of aliphatic carboxylic acids is 1. The second-order valence-corrected chi connectivity index (χ2v) is 7.19. The summed E-state index contributed by atoms with van der Waals surface area (Å²) in [4.78, 5) is 10.9. The van der Waals surface area contributed by atoms with Crippen molar-refractivity contribution in [1.82, 2.24) is 4.31 Å². The van der Waals surface area contributed by atoms with E-state index in [-0.39, 0.29) is 27.9 Å². The van der Waals surface area contributed by atoms with Crippen LogP contribution in [0.3, 0.4) is 0 Å². The molecule has 1 aliphatic rings. The van der Waals surface area contributed by atoms with E-state index in [0.29, 0.717) is 0 Å². The smallest absolute Gasteiger partial charge is 0.322 e. The Kier molecular flexibility index (Phi) is 4.27. The largest absolute Gasteiger partial charge is 0.480 e. The summed E-state index contributed by atoms with van der Waals surface area (Å²) >= 11 is 11.5. The van der Waals surface area contributed by atoms with Crippen LogP contribution in [0.15, 0.2) is 23.1 Å². The molecule has 2 unspecified atom stereocenters. The molecule has 0 aliphatic carbocycles. The van der Waals surface area contributed by atoms with Gasteiger partial charge in [-0.2, -0.15) is 4.31 Å². The number of halogens is 2. The van der Waals surface area contributed by atoms with Gasteiger partial charge in [-0.3, -0.25) is 4.79 Å². The molecule has 1 aromatic carbocycles. The predicted octanol–water partition coefficient (Wildman–Crippen LogP) is 1.20. The lowest BCUT2D eigenvalue weighted by Crippen LogP contribution is -2.40. The maximum Gasteiger partial charge on any atom is 0.322 e. The molecule has 1 aliphatic heterocycles. The van der Waals surface area contributed by atoms with E-state index in [4.69, 9.17) is 28.3 Å². The van der Waals surface area contributed by atoms with E-state index in [1.165, 1.54) is 18.2 Å². The van der Waals surface area contributed by atoms with Crippen molar-refractivity contribution in [2.75, 3.05) is 6.54 Å². The molecule has 0 saturated carbocycles. The number of aliphatic hydroxyl groups is 1. The molecule has 110 valence electrons. The van der Waals surface area contributed by atoms with Crippen LogP contribution in [0.25, 0.3) is 0 Å². The summed E-state index contributed by atoms with van der Waals surface area (Å²) in [6.45, 7) is -0.274. The van der Waals surface area contributed by atoms with Gasteiger partial charge in [0.25, 0.3) is 0 Å². The molecule has 1 aromatic rings. The van der Waals surface area contributed by atoms with Gasteiger partial charge in [-0.05, 0) is 18.2 Å². The molecule has 0 spiro atoms. The van der Waals surface area contributed by atoms with Crippen molar-refractivity contribution in [1.29, 1.82) is 0 Å². The van der Waals surface area contributed by atoms with Crippen LogP contribution in [0.2, 0.25) is 10.0 Å². The summed E-state index contributed by atoms with van der Waals surface area (Å²) in [5, 5.41) is 18.8. The van der Waals surface area contributed by atoms with E-state index in [1.54, 1.807) is 0 Å². The number of hydrogen-bond donors (Lipinski definition) is 2. The van der Waals surface area contributed by atoms with Crippen molar-refractivity contribution in [3.8, 4) is 0 Å². The molecule has 6 nitrogen and oxygen atoms in total. The molecule has 0 amide bonds. The maximum atomic E-state index is 12.4. The Labute approximate surface area is 125 Å². The number of carboxylic acids is 1. The van der Waals surface area contributed by atoms with E-state index in [9.17, 15) is 18.3 Å². The summed E-state index contributed by atoms with van der Waals surface area (Å²) < 4.78 is 25.6. The molecule has 9 heteroatoms. The van der Waals surface area contributed by atoms with Crippen molar-refractivity contribution >= 4 is 39.2 Å². The Morgan fingerprint density at radius 1 is 1.25 bits per heavy atom. The number of carbonyl (C=O) groups is 1. The van der Waals surface area contributed by atoms with Gasteiger partial charge in [-0.25, -0.2) is 8.42 Å². The molecule has 0 radical (unpaired) electrons. The minimum atomic E-state index is -4.09. The van der Waals surface area contributed by atoms with Gasteiger partial charge in [0.1, 0.15) is 6.04 Å². The van der Waals surface area contributed by atoms with Crippen molar-refractivity contribution in [3.63, 3.8) is 0 Å². The number of carboxylic acid groups (broad SMARTS) is 1. The first-order valence-corrected chi connectivity index (χ1v) is 7.80. The zero-order valence-electron chi connectivity index (χ0n) is 10.0. The number of β-amino-alcohol motifs (C(OH)–C–C–N with tert-alkyl or cyclic N) is 1. The second kappa shape index (κ2) is 5.50. The van der Waals surface area contributed by atoms with Gasteiger partial charge < -0.3 is 10.2 Å². The molecule has 20 heavy (non-hydrogen) atoms. The quantitative estimate of drug-likeness (QED) is 0.862. The number of aliphatic hydroxyl groups excluding tert-OH is 1. The molecular formula is C11H11Cl2NO5S. The van der Waals surface area contributed by atoms with Crippen LogP contribution in [-0.4, -0.2) is 47.6 Å². The van der Waals surface area contributed by atoms with E-state index >= 15 is 0 Å². The fourth-order valence-corrected chi connectivity index (χ4v) is 4.44. The van der Waals surface area contributed by atoms with E-state index in [1.807, 2.05) is 0 Å². The molecule has 0 bridgehead atoms. The van der Waals surface area contributed by atoms with Crippen LogP contribution in [0.1, 0.15) is 6.42 Å². The Morgan fingerprint density at radius 2 is 1.80 bits per heavy atom. The average molecular weight is 340 g/mol. The van der Waals surface area contributed by atoms with Crippen LogP contribution in [0.4, 0.5) is 0 Å². The highest BCUT2D eigenvalue weighted by atomic mass is 35.5. The number of sulfonamides is 1. The summed E-state index contributed by atoms with van der Waals surface area (Å²) in [7, 11) is -4.09. The van der Waals surface area contributed by atoms with Crippen molar-refractivity contribution in [2.45, 2.75) is 23.5 Å². The number of hydrogen-bond acceptors (Lipinski definition) is 4. The molecule has 1 fully saturated rings. The standard InChI is InChI=1S/C11H11Cl2NO5S/c12-6-1-7(13)3-9(2-6)20(18,19)14-5-8(15)4-10(14)11(16)17/h1-3,8,10,15H,4-5H2,(H,16,17). The molecule has 1 saturated heterocycles. The fourth-order valence-electron chi connectivity index (χ4n) is 2.09. The first kappa shape index (κ1) is 15.5. The van der Waals surface area contributed by atoms with Crippen molar-refractivity contribution in [3.05, 3.63) is 28.2 Å². The van der Waals surface area contributed by atoms with Gasteiger partial charge in [0.2, 0.25) is 10.0 Å². The van der Waals surface area contributed by atoms with Gasteiger partial charge >= 0.3 is 5.97 Å². The SMILES string of the molecule is O=C(O)C1CC(O)CN1S(=O)(=O)c1cc(Cl)cc(Cl)c1. The highest BCUT2D eigenvalue weighted by Crippen LogP contribution is 2.29. The van der Waals surface area contributed by atoms with Crippen LogP contribution in [-0.2, 0) is 14.8 Å². The van der Waals surface area contributed by atoms with Crippen molar-refractivity contribution in [2.24, 2.45) is 0 Å². The zero-order chi connectivity index (χ0) is 15.1. The van der Waals surface area contributed by atoms with E-state index in [0.717, 1.165) is 4.31 Å². The first-order chi connectivity index (χ1) is 9.21. The lowest BCUT2D eigenvalue weighted by molar-refractivity contribution is -0.140. The third kappa shape index (κ3) is 2.91. The van der Waals surface area contributed by atoms with Gasteiger partial charge in [0.15, 0.2) is 0 Å². The molecule has 0 aromatic heterocycles. The fraction of sp³-hybridized carbons (Fsp3) is 0.364. The lowest BCUT2D eigenvalue weighted by atomic mass is 10.2. The third-order valence-corrected chi connectivity index (χ3v) is 5.25. The first-order valence-electron chi connectivity index (χ1n) is 5.60. The Morgan fingerprint density at radius 3 is 2.30 bits per heavy atom. The van der Waals surface area contributed by atoms with Crippen LogP contribution in [0.5, 0.6) is 0 Å². The molecule has 2 atom stereocenters. The lowest BCUT2D eigenvalue weighted by Gasteiger charge is -2.20. The summed E-state index contributed by atoms with van der Waals surface area (Å²) in [5.74, 6) is -1.31. The van der Waals surface area contributed by atoms with Crippen molar-refractivity contribution < 1.29 is 23.4 Å². The van der Waals surface area contributed by atoms with Gasteiger partial charge in [0.05, 0.1) is 11.0 Å². The molecule has 1 heterocycles. The number of benzene rings is 1. The summed E-state index contributed by atoms with van der Waals surface area (Å²) in [6.07, 6.45) is -1.16. The van der Waals surface area contributed by atoms with Crippen LogP contribution < -0.4 is 0 Å². The van der Waals surface area contributed by atoms with E-state index < -0.39 is 28.1 Å². The maximum absolute atomic E-state index is 12.4. The minimum Gasteiger partial charge on any atom is -0.480 e. The number of rotatable bonds is 3. The Balaban J connectivity index is 2.46.